The van der Waals surface area contributed by atoms with Crippen LogP contribution in [0.1, 0.15) is 36.4 Å². The minimum absolute atomic E-state index is 0.296. The molecule has 0 saturated carbocycles. The average Bonchev–Trinajstić information content (AvgIpc) is 3.18. The van der Waals surface area contributed by atoms with E-state index in [-0.39, 0.29) is 0 Å². The Morgan fingerprint density at radius 2 is 2.21 bits per heavy atom. The molecule has 0 fully saturated rings. The summed E-state index contributed by atoms with van der Waals surface area (Å²) in [5.74, 6) is 1.55. The molecule has 3 N–H and O–H groups in total. The third-order valence-corrected chi connectivity index (χ3v) is 4.56. The van der Waals surface area contributed by atoms with E-state index in [0.29, 0.717) is 12.5 Å². The van der Waals surface area contributed by atoms with Crippen LogP contribution >= 0.6 is 11.3 Å². The fourth-order valence-electron chi connectivity index (χ4n) is 2.40. The second-order valence-corrected chi connectivity index (χ2v) is 6.74. The largest absolute Gasteiger partial charge is 0.383 e. The van der Waals surface area contributed by atoms with Crippen molar-refractivity contribution in [2.75, 3.05) is 19.6 Å². The summed E-state index contributed by atoms with van der Waals surface area (Å²) in [5.41, 5.74) is 1.98. The van der Waals surface area contributed by atoms with E-state index in [1.807, 2.05) is 37.6 Å². The van der Waals surface area contributed by atoms with Crippen molar-refractivity contribution in [3.63, 3.8) is 0 Å². The van der Waals surface area contributed by atoms with Gasteiger partial charge in [0.1, 0.15) is 11.4 Å². The number of nitrogens with zero attached hydrogens (tertiary/aromatic N) is 2. The number of aryl methyl sites for hydroxylation is 2. The first-order chi connectivity index (χ1) is 11.4. The Bertz CT molecular complexity index is 643. The van der Waals surface area contributed by atoms with Gasteiger partial charge in [-0.2, -0.15) is 11.3 Å². The molecule has 0 aromatic carbocycles. The zero-order valence-corrected chi connectivity index (χ0v) is 15.5. The highest BCUT2D eigenvalue weighted by Crippen LogP contribution is 2.23. The molecule has 1 unspecified atom stereocenters. The van der Waals surface area contributed by atoms with Gasteiger partial charge >= 0.3 is 0 Å². The van der Waals surface area contributed by atoms with Gasteiger partial charge in [-0.05, 0) is 56.5 Å². The van der Waals surface area contributed by atoms with Gasteiger partial charge in [-0.3, -0.25) is 0 Å². The molecule has 0 aliphatic carbocycles. The van der Waals surface area contributed by atoms with E-state index >= 15 is 0 Å². The van der Waals surface area contributed by atoms with E-state index in [0.717, 1.165) is 42.1 Å². The third-order valence-electron chi connectivity index (χ3n) is 3.88. The highest BCUT2D eigenvalue weighted by atomic mass is 32.1. The van der Waals surface area contributed by atoms with Gasteiger partial charge in [-0.25, -0.2) is 4.99 Å². The molecule has 0 aliphatic heterocycles. The summed E-state index contributed by atoms with van der Waals surface area (Å²) in [6, 6.07) is 1.93. The lowest BCUT2D eigenvalue weighted by molar-refractivity contribution is 0.0677. The van der Waals surface area contributed by atoms with Crippen molar-refractivity contribution in [1.82, 2.24) is 15.8 Å². The molecular weight excluding hydrogens is 324 g/mol. The zero-order valence-electron chi connectivity index (χ0n) is 14.7. The second kappa shape index (κ2) is 8.30. The maximum Gasteiger partial charge on any atom is 0.191 e. The number of nitrogens with one attached hydrogen (secondary N) is 2. The lowest BCUT2D eigenvalue weighted by Crippen LogP contribution is -2.39. The Labute approximate surface area is 147 Å². The molecule has 2 rings (SSSR count). The smallest absolute Gasteiger partial charge is 0.191 e. The number of hydrogen-bond acceptors (Lipinski definition) is 5. The number of thiophene rings is 1. The third kappa shape index (κ3) is 4.82. The number of aliphatic hydroxyl groups is 1. The van der Waals surface area contributed by atoms with Crippen LogP contribution in [0.25, 0.3) is 0 Å². The van der Waals surface area contributed by atoms with Crippen LogP contribution in [0.5, 0.6) is 0 Å². The van der Waals surface area contributed by atoms with Gasteiger partial charge in [0.05, 0.1) is 12.2 Å². The van der Waals surface area contributed by atoms with Crippen LogP contribution in [0.2, 0.25) is 0 Å². The molecule has 1 atom stereocenters. The molecule has 6 nitrogen and oxygen atoms in total. The Hall–Kier alpha value is -1.86. The second-order valence-electron chi connectivity index (χ2n) is 5.96. The Balaban J connectivity index is 1.93. The normalized spacial score (nSPS) is 14.5. The van der Waals surface area contributed by atoms with Crippen LogP contribution in [0.3, 0.4) is 0 Å². The molecule has 0 bridgehead atoms. The minimum Gasteiger partial charge on any atom is -0.383 e. The Kier molecular flexibility index (Phi) is 6.39. The van der Waals surface area contributed by atoms with E-state index in [1.165, 1.54) is 0 Å². The van der Waals surface area contributed by atoms with E-state index in [1.54, 1.807) is 18.3 Å². The van der Waals surface area contributed by atoms with Crippen molar-refractivity contribution >= 4 is 17.3 Å². The van der Waals surface area contributed by atoms with Crippen molar-refractivity contribution in [1.29, 1.82) is 0 Å². The molecule has 2 aromatic rings. The monoisotopic (exact) mass is 350 g/mol. The van der Waals surface area contributed by atoms with Crippen LogP contribution in [-0.2, 0) is 12.0 Å². The minimum atomic E-state index is -0.968. The van der Waals surface area contributed by atoms with E-state index < -0.39 is 5.60 Å². The standard InChI is InChI=1S/C17H26N4O2S/c1-5-18-16(19-8-6-15-12(2)21-23-13(15)3)20-11-17(4,22)14-7-9-24-10-14/h7,9-10,22H,5-6,8,11H2,1-4H3,(H2,18,19,20). The van der Waals surface area contributed by atoms with E-state index in [2.05, 4.69) is 20.8 Å². The first kappa shape index (κ1) is 18.5. The van der Waals surface area contributed by atoms with Gasteiger partial charge in [0.15, 0.2) is 5.96 Å². The Morgan fingerprint density at radius 1 is 1.42 bits per heavy atom. The lowest BCUT2D eigenvalue weighted by Gasteiger charge is -2.21. The molecule has 0 radical (unpaired) electrons. The van der Waals surface area contributed by atoms with Crippen LogP contribution in [0.15, 0.2) is 26.3 Å². The molecule has 2 heterocycles. The van der Waals surface area contributed by atoms with Crippen LogP contribution < -0.4 is 10.6 Å². The fourth-order valence-corrected chi connectivity index (χ4v) is 3.18. The highest BCUT2D eigenvalue weighted by molar-refractivity contribution is 7.08. The van der Waals surface area contributed by atoms with Crippen LogP contribution in [0.4, 0.5) is 0 Å². The first-order valence-corrected chi connectivity index (χ1v) is 9.07. The molecule has 0 amide bonds. The summed E-state index contributed by atoms with van der Waals surface area (Å²) in [6.07, 6.45) is 0.812. The van der Waals surface area contributed by atoms with Gasteiger partial charge < -0.3 is 20.3 Å². The summed E-state index contributed by atoms with van der Waals surface area (Å²) >= 11 is 1.57. The van der Waals surface area contributed by atoms with E-state index in [4.69, 9.17) is 4.52 Å². The maximum absolute atomic E-state index is 10.6. The number of guanidine groups is 1. The Morgan fingerprint density at radius 3 is 2.79 bits per heavy atom. The van der Waals surface area contributed by atoms with Gasteiger partial charge in [0.25, 0.3) is 0 Å². The van der Waals surface area contributed by atoms with Gasteiger partial charge in [0.2, 0.25) is 0 Å². The highest BCUT2D eigenvalue weighted by Gasteiger charge is 2.23. The van der Waals surface area contributed by atoms with Crippen molar-refractivity contribution in [2.45, 2.75) is 39.7 Å². The van der Waals surface area contributed by atoms with Gasteiger partial charge in [-0.1, -0.05) is 5.16 Å². The topological polar surface area (TPSA) is 82.7 Å². The molecular formula is C17H26N4O2S. The molecule has 132 valence electrons. The quantitative estimate of drug-likeness (QED) is 0.527. The number of rotatable bonds is 7. The number of aromatic nitrogens is 1. The summed E-state index contributed by atoms with van der Waals surface area (Å²) < 4.78 is 5.18. The first-order valence-electron chi connectivity index (χ1n) is 8.13. The van der Waals surface area contributed by atoms with Gasteiger partial charge in [0, 0.05) is 18.7 Å². The lowest BCUT2D eigenvalue weighted by atomic mass is 10.00. The predicted molar refractivity (Wildman–Crippen MR) is 97.6 cm³/mol. The maximum atomic E-state index is 10.6. The van der Waals surface area contributed by atoms with Crippen molar-refractivity contribution < 1.29 is 9.63 Å². The summed E-state index contributed by atoms with van der Waals surface area (Å²) in [4.78, 5) is 4.51. The van der Waals surface area contributed by atoms with Crippen LogP contribution in [-0.4, -0.2) is 35.9 Å². The fraction of sp³-hybridized carbons (Fsp3) is 0.529. The van der Waals surface area contributed by atoms with Gasteiger partial charge in [-0.15, -0.1) is 0 Å². The van der Waals surface area contributed by atoms with Crippen LogP contribution in [0, 0.1) is 13.8 Å². The molecule has 2 aromatic heterocycles. The van der Waals surface area contributed by atoms with Crippen molar-refractivity contribution in [3.8, 4) is 0 Å². The number of hydrogen-bond donors (Lipinski definition) is 3. The molecule has 0 aliphatic rings. The molecule has 24 heavy (non-hydrogen) atoms. The number of aliphatic imine (C=N–C) groups is 1. The van der Waals surface area contributed by atoms with E-state index in [9.17, 15) is 5.11 Å². The SMILES string of the molecule is CCNC(=NCC(C)(O)c1ccsc1)NCCc1c(C)noc1C. The zero-order chi connectivity index (χ0) is 17.6. The van der Waals surface area contributed by atoms with Crippen molar-refractivity contribution in [2.24, 2.45) is 4.99 Å². The van der Waals surface area contributed by atoms with Crippen molar-refractivity contribution in [3.05, 3.63) is 39.4 Å². The molecule has 7 heteroatoms. The summed E-state index contributed by atoms with van der Waals surface area (Å²) in [5, 5.41) is 24.9. The summed E-state index contributed by atoms with van der Waals surface area (Å²) in [6.45, 7) is 9.45. The summed E-state index contributed by atoms with van der Waals surface area (Å²) in [7, 11) is 0. The molecule has 0 saturated heterocycles. The molecule has 0 spiro atoms. The predicted octanol–water partition coefficient (Wildman–Crippen LogP) is 2.36. The average molecular weight is 350 g/mol.